The van der Waals surface area contributed by atoms with Crippen LogP contribution in [0.15, 0.2) is 60.7 Å². The minimum absolute atomic E-state index is 0.640. The van der Waals surface area contributed by atoms with E-state index in [1.807, 2.05) is 0 Å². The van der Waals surface area contributed by atoms with Crippen LogP contribution in [-0.2, 0) is 13.0 Å². The van der Waals surface area contributed by atoms with Gasteiger partial charge in [-0.2, -0.15) is 0 Å². The maximum absolute atomic E-state index is 3.68. The van der Waals surface area contributed by atoms with Gasteiger partial charge >= 0.3 is 0 Å². The van der Waals surface area contributed by atoms with Gasteiger partial charge in [-0.1, -0.05) is 60.7 Å². The average Bonchev–Trinajstić information content (AvgIpc) is 3.01. The Bertz CT molecular complexity index is 474. The molecule has 1 atom stereocenters. The Morgan fingerprint density at radius 1 is 0.905 bits per heavy atom. The van der Waals surface area contributed by atoms with Crippen LogP contribution in [0.1, 0.15) is 17.5 Å². The summed E-state index contributed by atoms with van der Waals surface area (Å²) < 4.78 is 0. The molecular formula is C19H24N2. The molecule has 2 aromatic rings. The van der Waals surface area contributed by atoms with Crippen LogP contribution < -0.4 is 5.32 Å². The van der Waals surface area contributed by atoms with Crippen molar-refractivity contribution >= 4 is 0 Å². The lowest BCUT2D eigenvalue weighted by atomic mass is 10.1. The SMILES string of the molecule is c1ccc(CCN2CCC(NCc3ccccc3)C2)cc1. The number of nitrogens with one attached hydrogen (secondary N) is 1. The van der Waals surface area contributed by atoms with Gasteiger partial charge in [-0.25, -0.2) is 0 Å². The number of benzene rings is 2. The minimum atomic E-state index is 0.640. The topological polar surface area (TPSA) is 15.3 Å². The summed E-state index contributed by atoms with van der Waals surface area (Å²) in [6.45, 7) is 4.56. The Hall–Kier alpha value is -1.64. The molecule has 0 radical (unpaired) electrons. The summed E-state index contributed by atoms with van der Waals surface area (Å²) in [6, 6.07) is 22.1. The molecule has 2 aromatic carbocycles. The molecule has 1 fully saturated rings. The van der Waals surface area contributed by atoms with Gasteiger partial charge < -0.3 is 10.2 Å². The van der Waals surface area contributed by atoms with Crippen molar-refractivity contribution in [3.63, 3.8) is 0 Å². The van der Waals surface area contributed by atoms with Crippen molar-refractivity contribution in [3.05, 3.63) is 71.8 Å². The van der Waals surface area contributed by atoms with Crippen LogP contribution in [0.3, 0.4) is 0 Å². The molecule has 1 saturated heterocycles. The Balaban J connectivity index is 1.39. The summed E-state index contributed by atoms with van der Waals surface area (Å²) >= 11 is 0. The molecule has 3 rings (SSSR count). The molecule has 1 unspecified atom stereocenters. The summed E-state index contributed by atoms with van der Waals surface area (Å²) in [5.41, 5.74) is 2.82. The van der Waals surface area contributed by atoms with Crippen molar-refractivity contribution in [1.82, 2.24) is 10.2 Å². The first-order valence-corrected chi connectivity index (χ1v) is 7.94. The second kappa shape index (κ2) is 7.39. The Morgan fingerprint density at radius 2 is 1.57 bits per heavy atom. The fraction of sp³-hybridized carbons (Fsp3) is 0.368. The monoisotopic (exact) mass is 280 g/mol. The highest BCUT2D eigenvalue weighted by Crippen LogP contribution is 2.11. The van der Waals surface area contributed by atoms with Crippen molar-refractivity contribution in [2.45, 2.75) is 25.4 Å². The van der Waals surface area contributed by atoms with Gasteiger partial charge in [0.2, 0.25) is 0 Å². The first-order valence-electron chi connectivity index (χ1n) is 7.94. The van der Waals surface area contributed by atoms with E-state index in [2.05, 4.69) is 70.9 Å². The van der Waals surface area contributed by atoms with Gasteiger partial charge in [0, 0.05) is 25.7 Å². The van der Waals surface area contributed by atoms with E-state index in [-0.39, 0.29) is 0 Å². The highest BCUT2D eigenvalue weighted by molar-refractivity contribution is 5.15. The number of hydrogen-bond donors (Lipinski definition) is 1. The van der Waals surface area contributed by atoms with Gasteiger partial charge in [-0.3, -0.25) is 0 Å². The van der Waals surface area contributed by atoms with E-state index in [0.717, 1.165) is 13.0 Å². The zero-order chi connectivity index (χ0) is 14.3. The summed E-state index contributed by atoms with van der Waals surface area (Å²) in [5.74, 6) is 0. The molecule has 0 spiro atoms. The molecule has 2 nitrogen and oxygen atoms in total. The van der Waals surface area contributed by atoms with Gasteiger partial charge in [0.15, 0.2) is 0 Å². The van der Waals surface area contributed by atoms with Crippen molar-refractivity contribution in [2.24, 2.45) is 0 Å². The van der Waals surface area contributed by atoms with Crippen LogP contribution in [0.4, 0.5) is 0 Å². The standard InChI is InChI=1S/C19H24N2/c1-3-7-17(8-4-1)11-13-21-14-12-19(16-21)20-15-18-9-5-2-6-10-18/h1-10,19-20H,11-16H2. The average molecular weight is 280 g/mol. The van der Waals surface area contributed by atoms with Crippen LogP contribution in [0.5, 0.6) is 0 Å². The van der Waals surface area contributed by atoms with Crippen molar-refractivity contribution in [3.8, 4) is 0 Å². The van der Waals surface area contributed by atoms with Gasteiger partial charge in [-0.05, 0) is 30.5 Å². The molecule has 1 N–H and O–H groups in total. The maximum Gasteiger partial charge on any atom is 0.0210 e. The molecule has 2 heteroatoms. The summed E-state index contributed by atoms with van der Waals surface area (Å²) in [4.78, 5) is 2.58. The normalized spacial score (nSPS) is 19.0. The minimum Gasteiger partial charge on any atom is -0.309 e. The van der Waals surface area contributed by atoms with Gasteiger partial charge in [-0.15, -0.1) is 0 Å². The predicted octanol–water partition coefficient (Wildman–Crippen LogP) is 3.09. The van der Waals surface area contributed by atoms with E-state index in [4.69, 9.17) is 0 Å². The molecule has 1 aliphatic heterocycles. The van der Waals surface area contributed by atoms with E-state index in [1.165, 1.54) is 37.2 Å². The maximum atomic E-state index is 3.68. The lowest BCUT2D eigenvalue weighted by molar-refractivity contribution is 0.331. The van der Waals surface area contributed by atoms with Gasteiger partial charge in [0.1, 0.15) is 0 Å². The van der Waals surface area contributed by atoms with Crippen LogP contribution in [0, 0.1) is 0 Å². The largest absolute Gasteiger partial charge is 0.309 e. The fourth-order valence-electron chi connectivity index (χ4n) is 2.99. The van der Waals surface area contributed by atoms with Crippen LogP contribution in [-0.4, -0.2) is 30.6 Å². The molecule has 110 valence electrons. The molecule has 0 aromatic heterocycles. The van der Waals surface area contributed by atoms with Gasteiger partial charge in [0.05, 0.1) is 0 Å². The van der Waals surface area contributed by atoms with E-state index in [9.17, 15) is 0 Å². The second-order valence-corrected chi connectivity index (χ2v) is 5.89. The Labute approximate surface area is 127 Å². The third-order valence-electron chi connectivity index (χ3n) is 4.27. The highest BCUT2D eigenvalue weighted by Gasteiger charge is 2.21. The molecular weight excluding hydrogens is 256 g/mol. The molecule has 0 bridgehead atoms. The lowest BCUT2D eigenvalue weighted by Gasteiger charge is -2.16. The smallest absolute Gasteiger partial charge is 0.0210 e. The third kappa shape index (κ3) is 4.42. The van der Waals surface area contributed by atoms with E-state index in [0.29, 0.717) is 6.04 Å². The molecule has 21 heavy (non-hydrogen) atoms. The zero-order valence-electron chi connectivity index (χ0n) is 12.5. The quantitative estimate of drug-likeness (QED) is 0.875. The number of nitrogens with zero attached hydrogens (tertiary/aromatic N) is 1. The second-order valence-electron chi connectivity index (χ2n) is 5.89. The molecule has 0 saturated carbocycles. The summed E-state index contributed by atoms with van der Waals surface area (Å²) in [5, 5.41) is 3.68. The predicted molar refractivity (Wildman–Crippen MR) is 88.3 cm³/mol. The Kier molecular flexibility index (Phi) is 5.03. The summed E-state index contributed by atoms with van der Waals surface area (Å²) in [7, 11) is 0. The molecule has 0 aliphatic carbocycles. The number of likely N-dealkylation sites (tertiary alicyclic amines) is 1. The number of hydrogen-bond acceptors (Lipinski definition) is 2. The first-order chi connectivity index (χ1) is 10.4. The van der Waals surface area contributed by atoms with E-state index in [1.54, 1.807) is 0 Å². The van der Waals surface area contributed by atoms with Crippen molar-refractivity contribution < 1.29 is 0 Å². The fourth-order valence-corrected chi connectivity index (χ4v) is 2.99. The molecule has 0 amide bonds. The lowest BCUT2D eigenvalue weighted by Crippen LogP contribution is -2.32. The third-order valence-corrected chi connectivity index (χ3v) is 4.27. The van der Waals surface area contributed by atoms with E-state index < -0.39 is 0 Å². The molecule has 1 heterocycles. The highest BCUT2D eigenvalue weighted by atomic mass is 15.2. The van der Waals surface area contributed by atoms with Crippen LogP contribution in [0.2, 0.25) is 0 Å². The van der Waals surface area contributed by atoms with Gasteiger partial charge in [0.25, 0.3) is 0 Å². The van der Waals surface area contributed by atoms with Crippen molar-refractivity contribution in [2.75, 3.05) is 19.6 Å². The van der Waals surface area contributed by atoms with Crippen LogP contribution >= 0.6 is 0 Å². The molecule has 1 aliphatic rings. The Morgan fingerprint density at radius 3 is 2.29 bits per heavy atom. The zero-order valence-corrected chi connectivity index (χ0v) is 12.5. The number of rotatable bonds is 6. The van der Waals surface area contributed by atoms with Crippen molar-refractivity contribution in [1.29, 1.82) is 0 Å². The first kappa shape index (κ1) is 14.3. The summed E-state index contributed by atoms with van der Waals surface area (Å²) in [6.07, 6.45) is 2.42. The van der Waals surface area contributed by atoms with Crippen LogP contribution in [0.25, 0.3) is 0 Å². The van der Waals surface area contributed by atoms with E-state index >= 15 is 0 Å².